The summed E-state index contributed by atoms with van der Waals surface area (Å²) in [7, 11) is 2.12. The summed E-state index contributed by atoms with van der Waals surface area (Å²) in [6, 6.07) is -0.398. The lowest BCUT2D eigenvalue weighted by Crippen LogP contribution is -2.47. The largest absolute Gasteiger partial charge is 0.480 e. The average Bonchev–Trinajstić information content (AvgIpc) is 2.26. The highest BCUT2D eigenvalue weighted by Gasteiger charge is 2.19. The number of piperazine rings is 1. The van der Waals surface area contributed by atoms with Gasteiger partial charge in [-0.25, -0.2) is 0 Å². The van der Waals surface area contributed by atoms with E-state index < -0.39 is 12.0 Å². The predicted molar refractivity (Wildman–Crippen MR) is 63.7 cm³/mol. The lowest BCUT2D eigenvalue weighted by molar-refractivity contribution is -0.139. The van der Waals surface area contributed by atoms with Crippen LogP contribution in [0, 0.1) is 0 Å². The molecule has 1 fully saturated rings. The van der Waals surface area contributed by atoms with Crippen LogP contribution >= 0.6 is 0 Å². The van der Waals surface area contributed by atoms with Gasteiger partial charge in [0.25, 0.3) is 0 Å². The van der Waals surface area contributed by atoms with Crippen LogP contribution in [-0.4, -0.2) is 73.2 Å². The van der Waals surface area contributed by atoms with E-state index in [0.29, 0.717) is 13.0 Å². The molecule has 1 rings (SSSR count). The Labute approximate surface area is 97.4 Å². The van der Waals surface area contributed by atoms with Gasteiger partial charge < -0.3 is 20.2 Å². The number of carbonyl (C=O) groups is 1. The van der Waals surface area contributed by atoms with Gasteiger partial charge in [0.1, 0.15) is 6.04 Å². The first kappa shape index (κ1) is 13.4. The van der Waals surface area contributed by atoms with Crippen LogP contribution in [0.3, 0.4) is 0 Å². The molecule has 1 atom stereocenters. The number of carboxylic acids is 1. The van der Waals surface area contributed by atoms with Crippen LogP contribution in [0.1, 0.15) is 13.3 Å². The van der Waals surface area contributed by atoms with Crippen LogP contribution < -0.4 is 5.32 Å². The van der Waals surface area contributed by atoms with Crippen LogP contribution in [0.4, 0.5) is 0 Å². The average molecular weight is 229 g/mol. The number of hydrogen-bond donors (Lipinski definition) is 2. The van der Waals surface area contributed by atoms with E-state index in [1.807, 2.05) is 6.92 Å². The number of aliphatic carboxylic acids is 1. The molecule has 0 saturated carbocycles. The fourth-order valence-electron chi connectivity index (χ4n) is 1.94. The second kappa shape index (κ2) is 6.83. The van der Waals surface area contributed by atoms with Crippen LogP contribution in [0.5, 0.6) is 0 Å². The third-order valence-electron chi connectivity index (χ3n) is 3.08. The lowest BCUT2D eigenvalue weighted by atomic mass is 10.2. The van der Waals surface area contributed by atoms with Crippen molar-refractivity contribution in [2.75, 3.05) is 46.3 Å². The van der Waals surface area contributed by atoms with Gasteiger partial charge in [0.15, 0.2) is 0 Å². The van der Waals surface area contributed by atoms with Crippen LogP contribution in [0.25, 0.3) is 0 Å². The molecule has 0 radical (unpaired) electrons. The van der Waals surface area contributed by atoms with E-state index in [-0.39, 0.29) is 0 Å². The minimum absolute atomic E-state index is 0.398. The molecular formula is C11H23N3O2. The number of rotatable bonds is 6. The molecule has 0 spiro atoms. The smallest absolute Gasteiger partial charge is 0.320 e. The summed E-state index contributed by atoms with van der Waals surface area (Å²) in [5.74, 6) is -0.740. The van der Waals surface area contributed by atoms with Crippen molar-refractivity contribution >= 4 is 5.97 Å². The number of carboxylic acid groups (broad SMARTS) is 1. The molecule has 0 amide bonds. The monoisotopic (exact) mass is 229 g/mol. The molecule has 0 bridgehead atoms. The second-order valence-corrected chi connectivity index (χ2v) is 4.38. The molecule has 1 heterocycles. The van der Waals surface area contributed by atoms with Gasteiger partial charge in [0, 0.05) is 32.7 Å². The summed E-state index contributed by atoms with van der Waals surface area (Å²) < 4.78 is 0. The van der Waals surface area contributed by atoms with Gasteiger partial charge >= 0.3 is 5.97 Å². The molecule has 2 N–H and O–H groups in total. The molecule has 1 aliphatic heterocycles. The first-order chi connectivity index (χ1) is 7.63. The van der Waals surface area contributed by atoms with Crippen molar-refractivity contribution in [3.63, 3.8) is 0 Å². The summed E-state index contributed by atoms with van der Waals surface area (Å²) in [6.45, 7) is 7.78. The molecular weight excluding hydrogens is 206 g/mol. The topological polar surface area (TPSA) is 55.8 Å². The highest BCUT2D eigenvalue weighted by Crippen LogP contribution is 2.02. The van der Waals surface area contributed by atoms with Crippen LogP contribution in [0.15, 0.2) is 0 Å². The van der Waals surface area contributed by atoms with Crippen LogP contribution in [-0.2, 0) is 4.79 Å². The Morgan fingerprint density at radius 1 is 1.38 bits per heavy atom. The van der Waals surface area contributed by atoms with Gasteiger partial charge in [-0.2, -0.15) is 0 Å². The summed E-state index contributed by atoms with van der Waals surface area (Å²) in [4.78, 5) is 15.6. The van der Waals surface area contributed by atoms with Crippen molar-refractivity contribution in [2.45, 2.75) is 19.4 Å². The number of likely N-dealkylation sites (N-methyl/N-ethyl adjacent to an activating group) is 2. The molecule has 0 aliphatic carbocycles. The van der Waals surface area contributed by atoms with E-state index in [9.17, 15) is 4.79 Å². The molecule has 5 nitrogen and oxygen atoms in total. The normalized spacial score (nSPS) is 20.9. The van der Waals surface area contributed by atoms with E-state index in [4.69, 9.17) is 5.11 Å². The molecule has 0 aromatic carbocycles. The zero-order chi connectivity index (χ0) is 12.0. The Balaban J connectivity index is 2.23. The summed E-state index contributed by atoms with van der Waals surface area (Å²) in [5.41, 5.74) is 0. The van der Waals surface area contributed by atoms with Gasteiger partial charge in [0.05, 0.1) is 0 Å². The van der Waals surface area contributed by atoms with Gasteiger partial charge in [-0.05, 0) is 20.0 Å². The maximum atomic E-state index is 10.9. The third kappa shape index (κ3) is 4.47. The number of nitrogens with one attached hydrogen (secondary N) is 1. The molecule has 1 unspecified atom stereocenters. The molecule has 94 valence electrons. The van der Waals surface area contributed by atoms with Crippen molar-refractivity contribution in [3.8, 4) is 0 Å². The number of hydrogen-bond acceptors (Lipinski definition) is 4. The lowest BCUT2D eigenvalue weighted by Gasteiger charge is -2.32. The predicted octanol–water partition coefficient (Wildman–Crippen LogP) is -0.313. The molecule has 1 saturated heterocycles. The SMILES string of the molecule is CCNC(CCN1CCN(C)CC1)C(=O)O. The van der Waals surface area contributed by atoms with E-state index in [2.05, 4.69) is 22.2 Å². The summed E-state index contributed by atoms with van der Waals surface area (Å²) in [6.07, 6.45) is 0.687. The Hall–Kier alpha value is -0.650. The highest BCUT2D eigenvalue weighted by molar-refractivity contribution is 5.73. The minimum atomic E-state index is -0.740. The van der Waals surface area contributed by atoms with Crippen molar-refractivity contribution in [1.82, 2.24) is 15.1 Å². The fourth-order valence-corrected chi connectivity index (χ4v) is 1.94. The molecule has 16 heavy (non-hydrogen) atoms. The Bertz CT molecular complexity index is 215. The summed E-state index contributed by atoms with van der Waals surface area (Å²) >= 11 is 0. The van der Waals surface area contributed by atoms with Gasteiger partial charge in [-0.3, -0.25) is 4.79 Å². The van der Waals surface area contributed by atoms with E-state index in [1.165, 1.54) is 0 Å². The van der Waals surface area contributed by atoms with Gasteiger partial charge in [0.2, 0.25) is 0 Å². The Morgan fingerprint density at radius 2 is 2.00 bits per heavy atom. The fraction of sp³-hybridized carbons (Fsp3) is 0.909. The van der Waals surface area contributed by atoms with Crippen LogP contribution in [0.2, 0.25) is 0 Å². The summed E-state index contributed by atoms with van der Waals surface area (Å²) in [5, 5.41) is 12.0. The molecule has 5 heteroatoms. The van der Waals surface area contributed by atoms with E-state index in [1.54, 1.807) is 0 Å². The molecule has 0 aromatic heterocycles. The highest BCUT2D eigenvalue weighted by atomic mass is 16.4. The Morgan fingerprint density at radius 3 is 2.50 bits per heavy atom. The zero-order valence-corrected chi connectivity index (χ0v) is 10.3. The van der Waals surface area contributed by atoms with Crippen molar-refractivity contribution in [3.05, 3.63) is 0 Å². The van der Waals surface area contributed by atoms with Crippen molar-refractivity contribution in [2.24, 2.45) is 0 Å². The standard InChI is InChI=1S/C11H23N3O2/c1-3-12-10(11(15)16)4-5-14-8-6-13(2)7-9-14/h10,12H,3-9H2,1-2H3,(H,15,16). The van der Waals surface area contributed by atoms with Crippen molar-refractivity contribution in [1.29, 1.82) is 0 Å². The third-order valence-corrected chi connectivity index (χ3v) is 3.08. The van der Waals surface area contributed by atoms with Gasteiger partial charge in [-0.15, -0.1) is 0 Å². The Kier molecular flexibility index (Phi) is 5.73. The van der Waals surface area contributed by atoms with E-state index >= 15 is 0 Å². The first-order valence-electron chi connectivity index (χ1n) is 6.00. The maximum Gasteiger partial charge on any atom is 0.320 e. The second-order valence-electron chi connectivity index (χ2n) is 4.38. The first-order valence-corrected chi connectivity index (χ1v) is 6.00. The minimum Gasteiger partial charge on any atom is -0.480 e. The molecule has 1 aliphatic rings. The van der Waals surface area contributed by atoms with Crippen molar-refractivity contribution < 1.29 is 9.90 Å². The van der Waals surface area contributed by atoms with E-state index in [0.717, 1.165) is 32.7 Å². The zero-order valence-electron chi connectivity index (χ0n) is 10.3. The maximum absolute atomic E-state index is 10.9. The number of nitrogens with zero attached hydrogens (tertiary/aromatic N) is 2. The van der Waals surface area contributed by atoms with Gasteiger partial charge in [-0.1, -0.05) is 6.92 Å². The molecule has 0 aromatic rings. The quantitative estimate of drug-likeness (QED) is 0.654.